The molecule has 0 aromatic carbocycles. The fourth-order valence-corrected chi connectivity index (χ4v) is 8.69. The van der Waals surface area contributed by atoms with Crippen LogP contribution in [0.1, 0.15) is 303 Å². The van der Waals surface area contributed by atoms with Gasteiger partial charge in [-0.3, -0.25) is 14.4 Å². The third kappa shape index (κ3) is 59.3. The van der Waals surface area contributed by atoms with Crippen LogP contribution in [0.15, 0.2) is 85.1 Å². The third-order valence-corrected chi connectivity index (χ3v) is 13.4. The Bertz CT molecular complexity index is 1400. The van der Waals surface area contributed by atoms with Crippen molar-refractivity contribution in [2.24, 2.45) is 0 Å². The lowest BCUT2D eigenvalue weighted by molar-refractivity contribution is -0.167. The molecule has 6 heteroatoms. The molecule has 0 aliphatic carbocycles. The fourth-order valence-electron chi connectivity index (χ4n) is 8.69. The van der Waals surface area contributed by atoms with Crippen LogP contribution in [-0.4, -0.2) is 37.2 Å². The minimum Gasteiger partial charge on any atom is -0.462 e. The molecule has 0 saturated heterocycles. The van der Waals surface area contributed by atoms with Crippen LogP contribution in [-0.2, 0) is 28.6 Å². The van der Waals surface area contributed by atoms with Crippen LogP contribution in [0.5, 0.6) is 0 Å². The van der Waals surface area contributed by atoms with E-state index < -0.39 is 6.10 Å². The average molecular weight is 1020 g/mol. The summed E-state index contributed by atoms with van der Waals surface area (Å²) in [4.78, 5) is 38.3. The molecule has 0 aromatic rings. The highest BCUT2D eigenvalue weighted by atomic mass is 16.6. The standard InChI is InChI=1S/C67H116O6/c1-4-7-10-13-16-19-22-25-28-31-33-36-39-42-45-48-51-54-57-60-66(69)72-63-64(62-71-65(68)59-56-53-50-47-44-41-38-35-30-27-24-21-18-15-12-9-6-3)73-67(70)61-58-55-52-49-46-43-40-37-34-32-29-26-23-20-17-14-11-8-5-2/h9,12,16-21,25-30,64H,4-8,10-11,13-15,22-24,31-63H2,1-3H3/b12-9-,19-16-,20-17-,21-18-,28-25-,29-26-,30-27-. The Kier molecular flexibility index (Phi) is 58.3. The SMILES string of the molecule is CC/C=C\C/C=C\C/C=C\CCCCCCCCCC(=O)OCC(COC(=O)CCCCCCCCCCC/C=C\C/C=C\CCCCC)OC(=O)CCCCCCCCCCC/C=C\C/C=C\CCCCC. The lowest BCUT2D eigenvalue weighted by Gasteiger charge is -2.18. The molecule has 420 valence electrons. The number of esters is 3. The van der Waals surface area contributed by atoms with E-state index in [0.717, 1.165) is 96.3 Å². The lowest BCUT2D eigenvalue weighted by Crippen LogP contribution is -2.30. The monoisotopic (exact) mass is 1020 g/mol. The first-order valence-electron chi connectivity index (χ1n) is 31.1. The van der Waals surface area contributed by atoms with E-state index in [-0.39, 0.29) is 31.1 Å². The van der Waals surface area contributed by atoms with E-state index in [1.165, 1.54) is 167 Å². The molecule has 0 radical (unpaired) electrons. The average Bonchev–Trinajstić information content (AvgIpc) is 3.39. The van der Waals surface area contributed by atoms with E-state index in [4.69, 9.17) is 14.2 Å². The number of carbonyl (C=O) groups excluding carboxylic acids is 3. The van der Waals surface area contributed by atoms with Crippen molar-refractivity contribution >= 4 is 17.9 Å². The van der Waals surface area contributed by atoms with E-state index in [1.807, 2.05) is 0 Å². The van der Waals surface area contributed by atoms with Gasteiger partial charge in [0.05, 0.1) is 0 Å². The molecule has 0 amide bonds. The molecule has 6 nitrogen and oxygen atoms in total. The smallest absolute Gasteiger partial charge is 0.306 e. The Morgan fingerprint density at radius 3 is 0.836 bits per heavy atom. The lowest BCUT2D eigenvalue weighted by atomic mass is 10.1. The quantitative estimate of drug-likeness (QED) is 0.0261. The predicted molar refractivity (Wildman–Crippen MR) is 316 cm³/mol. The highest BCUT2D eigenvalue weighted by Gasteiger charge is 2.19. The van der Waals surface area contributed by atoms with Crippen LogP contribution < -0.4 is 0 Å². The molecular formula is C67H116O6. The maximum absolute atomic E-state index is 12.9. The van der Waals surface area contributed by atoms with Gasteiger partial charge in [0.1, 0.15) is 13.2 Å². The first kappa shape index (κ1) is 69.6. The van der Waals surface area contributed by atoms with E-state index >= 15 is 0 Å². The number of carbonyl (C=O) groups is 3. The number of unbranched alkanes of at least 4 members (excludes halogenated alkanes) is 31. The molecule has 0 aromatic heterocycles. The van der Waals surface area contributed by atoms with Crippen LogP contribution in [0.4, 0.5) is 0 Å². The molecule has 0 N–H and O–H groups in total. The Morgan fingerprint density at radius 1 is 0.288 bits per heavy atom. The summed E-state index contributed by atoms with van der Waals surface area (Å²) in [5.74, 6) is -0.890. The van der Waals surface area contributed by atoms with Crippen molar-refractivity contribution in [3.8, 4) is 0 Å². The summed E-state index contributed by atoms with van der Waals surface area (Å²) in [7, 11) is 0. The number of hydrogen-bond acceptors (Lipinski definition) is 6. The molecule has 0 rings (SSSR count). The molecule has 0 spiro atoms. The topological polar surface area (TPSA) is 78.9 Å². The molecule has 1 atom stereocenters. The summed E-state index contributed by atoms with van der Waals surface area (Å²) in [6.07, 6.45) is 80.0. The van der Waals surface area contributed by atoms with Crippen molar-refractivity contribution in [2.75, 3.05) is 13.2 Å². The summed E-state index contributed by atoms with van der Waals surface area (Å²) in [6, 6.07) is 0. The highest BCUT2D eigenvalue weighted by molar-refractivity contribution is 5.71. The second-order valence-corrected chi connectivity index (χ2v) is 20.6. The van der Waals surface area contributed by atoms with E-state index in [2.05, 4.69) is 106 Å². The maximum Gasteiger partial charge on any atom is 0.306 e. The molecule has 0 heterocycles. The third-order valence-electron chi connectivity index (χ3n) is 13.4. The molecule has 0 bridgehead atoms. The fraction of sp³-hybridized carbons (Fsp3) is 0.746. The van der Waals surface area contributed by atoms with Crippen LogP contribution in [0.2, 0.25) is 0 Å². The second kappa shape index (κ2) is 61.1. The van der Waals surface area contributed by atoms with Gasteiger partial charge < -0.3 is 14.2 Å². The van der Waals surface area contributed by atoms with Crippen LogP contribution >= 0.6 is 0 Å². The van der Waals surface area contributed by atoms with Gasteiger partial charge in [0, 0.05) is 19.3 Å². The summed E-state index contributed by atoms with van der Waals surface area (Å²) >= 11 is 0. The van der Waals surface area contributed by atoms with E-state index in [9.17, 15) is 14.4 Å². The molecule has 0 saturated carbocycles. The maximum atomic E-state index is 12.9. The second-order valence-electron chi connectivity index (χ2n) is 20.6. The van der Waals surface area contributed by atoms with Crippen molar-refractivity contribution in [3.63, 3.8) is 0 Å². The first-order valence-corrected chi connectivity index (χ1v) is 31.1. The van der Waals surface area contributed by atoms with E-state index in [1.54, 1.807) is 0 Å². The molecule has 73 heavy (non-hydrogen) atoms. The Labute approximate surface area is 452 Å². The van der Waals surface area contributed by atoms with Gasteiger partial charge in [-0.1, -0.05) is 254 Å². The molecule has 0 aliphatic heterocycles. The number of rotatable bonds is 56. The number of allylic oxidation sites excluding steroid dienone is 14. The van der Waals surface area contributed by atoms with Gasteiger partial charge in [-0.2, -0.15) is 0 Å². The zero-order chi connectivity index (χ0) is 52.9. The summed E-state index contributed by atoms with van der Waals surface area (Å²) in [6.45, 7) is 6.49. The Balaban J connectivity index is 4.40. The summed E-state index contributed by atoms with van der Waals surface area (Å²) < 4.78 is 16.9. The van der Waals surface area contributed by atoms with Crippen molar-refractivity contribution in [1.29, 1.82) is 0 Å². The minimum atomic E-state index is -0.786. The minimum absolute atomic E-state index is 0.0829. The van der Waals surface area contributed by atoms with Crippen molar-refractivity contribution < 1.29 is 28.6 Å². The van der Waals surface area contributed by atoms with Gasteiger partial charge >= 0.3 is 17.9 Å². The Morgan fingerprint density at radius 2 is 0.534 bits per heavy atom. The Hall–Kier alpha value is -3.41. The highest BCUT2D eigenvalue weighted by Crippen LogP contribution is 2.16. The van der Waals surface area contributed by atoms with Gasteiger partial charge in [0.25, 0.3) is 0 Å². The van der Waals surface area contributed by atoms with Crippen molar-refractivity contribution in [2.45, 2.75) is 309 Å². The van der Waals surface area contributed by atoms with Crippen LogP contribution in [0.25, 0.3) is 0 Å². The van der Waals surface area contributed by atoms with Gasteiger partial charge in [0.15, 0.2) is 6.10 Å². The largest absolute Gasteiger partial charge is 0.462 e. The van der Waals surface area contributed by atoms with Crippen molar-refractivity contribution in [3.05, 3.63) is 85.1 Å². The molecular weight excluding hydrogens is 901 g/mol. The van der Waals surface area contributed by atoms with Gasteiger partial charge in [0.2, 0.25) is 0 Å². The predicted octanol–water partition coefficient (Wildman–Crippen LogP) is 21.1. The summed E-state index contributed by atoms with van der Waals surface area (Å²) in [5, 5.41) is 0. The van der Waals surface area contributed by atoms with Crippen LogP contribution in [0.3, 0.4) is 0 Å². The zero-order valence-corrected chi connectivity index (χ0v) is 48.1. The van der Waals surface area contributed by atoms with Gasteiger partial charge in [-0.05, 0) is 116 Å². The van der Waals surface area contributed by atoms with Gasteiger partial charge in [-0.15, -0.1) is 0 Å². The summed E-state index contributed by atoms with van der Waals surface area (Å²) in [5.41, 5.74) is 0. The van der Waals surface area contributed by atoms with Gasteiger partial charge in [-0.25, -0.2) is 0 Å². The zero-order valence-electron chi connectivity index (χ0n) is 48.1. The van der Waals surface area contributed by atoms with E-state index in [0.29, 0.717) is 19.3 Å². The first-order chi connectivity index (χ1) is 36.0. The number of ether oxygens (including phenoxy) is 3. The molecule has 0 fully saturated rings. The van der Waals surface area contributed by atoms with Crippen LogP contribution in [0, 0.1) is 0 Å². The van der Waals surface area contributed by atoms with Crippen molar-refractivity contribution in [1.82, 2.24) is 0 Å². The molecule has 1 unspecified atom stereocenters. The molecule has 0 aliphatic rings. The number of hydrogen-bond donors (Lipinski definition) is 0. The normalized spacial score (nSPS) is 12.6.